The summed E-state index contributed by atoms with van der Waals surface area (Å²) in [6, 6.07) is 11.6. The third-order valence-electron chi connectivity index (χ3n) is 7.79. The van der Waals surface area contributed by atoms with Gasteiger partial charge in [0.1, 0.15) is 6.04 Å². The maximum absolute atomic E-state index is 13.3. The van der Waals surface area contributed by atoms with Gasteiger partial charge in [0.15, 0.2) is 0 Å². The Hall–Kier alpha value is -2.05. The summed E-state index contributed by atoms with van der Waals surface area (Å²) in [6.45, 7) is 0.736. The third kappa shape index (κ3) is 4.78. The van der Waals surface area contributed by atoms with E-state index in [0.29, 0.717) is 0 Å². The van der Waals surface area contributed by atoms with E-state index in [1.54, 1.807) is 0 Å². The molecule has 2 aromatic rings. The molecule has 4 fully saturated rings. The zero-order valence-electron chi connectivity index (χ0n) is 18.3. The van der Waals surface area contributed by atoms with Crippen molar-refractivity contribution in [1.29, 1.82) is 0 Å². The van der Waals surface area contributed by atoms with Crippen LogP contribution in [0.15, 0.2) is 48.5 Å². The van der Waals surface area contributed by atoms with Gasteiger partial charge >= 0.3 is 6.18 Å². The molecule has 4 bridgehead atoms. The second-order valence-corrected chi connectivity index (χ2v) is 10.7. The van der Waals surface area contributed by atoms with Gasteiger partial charge < -0.3 is 10.6 Å². The molecule has 0 aliphatic heterocycles. The lowest BCUT2D eigenvalue weighted by Crippen LogP contribution is -2.51. The highest BCUT2D eigenvalue weighted by Gasteiger charge is 2.50. The van der Waals surface area contributed by atoms with E-state index in [9.17, 15) is 18.0 Å². The molecule has 176 valence electrons. The molecule has 0 saturated heterocycles. The van der Waals surface area contributed by atoms with Crippen LogP contribution in [0, 0.1) is 23.2 Å². The maximum atomic E-state index is 13.3. The number of anilines is 1. The van der Waals surface area contributed by atoms with Crippen molar-refractivity contribution in [2.24, 2.45) is 23.2 Å². The van der Waals surface area contributed by atoms with E-state index in [2.05, 4.69) is 10.6 Å². The number of alkyl halides is 3. The van der Waals surface area contributed by atoms with Crippen molar-refractivity contribution in [3.8, 4) is 0 Å². The van der Waals surface area contributed by atoms with Crippen molar-refractivity contribution in [3.05, 3.63) is 64.7 Å². The van der Waals surface area contributed by atoms with E-state index in [0.717, 1.165) is 42.0 Å². The summed E-state index contributed by atoms with van der Waals surface area (Å²) >= 11 is 6.13. The molecule has 6 rings (SSSR count). The zero-order chi connectivity index (χ0) is 23.2. The zero-order valence-corrected chi connectivity index (χ0v) is 19.1. The van der Waals surface area contributed by atoms with Gasteiger partial charge in [0.05, 0.1) is 16.3 Å². The number of rotatable bonds is 6. The van der Waals surface area contributed by atoms with Crippen LogP contribution in [0.2, 0.25) is 5.02 Å². The summed E-state index contributed by atoms with van der Waals surface area (Å²) in [4.78, 5) is 13.3. The quantitative estimate of drug-likeness (QED) is 0.479. The van der Waals surface area contributed by atoms with Crippen LogP contribution in [0.25, 0.3) is 0 Å². The Bertz CT molecular complexity index is 989. The summed E-state index contributed by atoms with van der Waals surface area (Å²) in [7, 11) is 0. The molecule has 2 aromatic carbocycles. The number of carbonyl (C=O) groups excluding carboxylic acids is 1. The number of benzene rings is 2. The number of carbonyl (C=O) groups is 1. The minimum Gasteiger partial charge on any atom is -0.323 e. The standard InChI is InChI=1S/C26H28ClF3N2O/c27-21-7-6-20(26(28,29)30)11-22(21)32-24(33)23(19-4-2-1-3-5-19)31-15-25-12-16-8-17(13-25)10-18(9-16)14-25/h1-7,11,16-18,23,31H,8-10,12-15H2,(H,32,33)/t16?,17?,18?,23-,25?/m1/s1. The van der Waals surface area contributed by atoms with E-state index in [1.807, 2.05) is 30.3 Å². The molecule has 4 saturated carbocycles. The van der Waals surface area contributed by atoms with E-state index in [4.69, 9.17) is 11.6 Å². The van der Waals surface area contributed by atoms with Gasteiger partial charge in [-0.1, -0.05) is 41.9 Å². The number of hydrogen-bond donors (Lipinski definition) is 2. The Balaban J connectivity index is 1.36. The average molecular weight is 477 g/mol. The molecule has 33 heavy (non-hydrogen) atoms. The van der Waals surface area contributed by atoms with Crippen LogP contribution in [-0.2, 0) is 11.0 Å². The molecule has 0 aromatic heterocycles. The summed E-state index contributed by atoms with van der Waals surface area (Å²) in [6.07, 6.45) is 3.12. The molecule has 4 aliphatic rings. The fourth-order valence-electron chi connectivity index (χ4n) is 6.83. The van der Waals surface area contributed by atoms with E-state index in [-0.39, 0.29) is 16.1 Å². The molecule has 2 N–H and O–H groups in total. The Labute approximate surface area is 197 Å². The third-order valence-corrected chi connectivity index (χ3v) is 8.12. The molecule has 0 unspecified atom stereocenters. The SMILES string of the molecule is O=C(Nc1cc(C(F)(F)F)ccc1Cl)[C@H](NCC12CC3CC(CC(C3)C1)C2)c1ccccc1. The van der Waals surface area contributed by atoms with Crippen LogP contribution in [0.5, 0.6) is 0 Å². The van der Waals surface area contributed by atoms with Crippen molar-refractivity contribution in [2.45, 2.75) is 50.7 Å². The molecule has 0 radical (unpaired) electrons. The lowest BCUT2D eigenvalue weighted by Gasteiger charge is -2.57. The topological polar surface area (TPSA) is 41.1 Å². The number of hydrogen-bond acceptors (Lipinski definition) is 2. The molecule has 0 heterocycles. The summed E-state index contributed by atoms with van der Waals surface area (Å²) in [5.74, 6) is 1.98. The second kappa shape index (κ2) is 8.62. The van der Waals surface area contributed by atoms with Crippen LogP contribution in [0.3, 0.4) is 0 Å². The van der Waals surface area contributed by atoms with Gasteiger partial charge in [0.2, 0.25) is 5.91 Å². The molecule has 1 amide bonds. The fraction of sp³-hybridized carbons (Fsp3) is 0.500. The number of halogens is 4. The largest absolute Gasteiger partial charge is 0.416 e. The minimum absolute atomic E-state index is 0.0333. The highest BCUT2D eigenvalue weighted by atomic mass is 35.5. The van der Waals surface area contributed by atoms with Crippen LogP contribution in [-0.4, -0.2) is 12.5 Å². The van der Waals surface area contributed by atoms with Gasteiger partial charge in [-0.25, -0.2) is 0 Å². The summed E-state index contributed by atoms with van der Waals surface area (Å²) < 4.78 is 39.5. The Morgan fingerprint density at radius 1 is 1.00 bits per heavy atom. The second-order valence-electron chi connectivity index (χ2n) is 10.3. The molecule has 7 heteroatoms. The van der Waals surface area contributed by atoms with Crippen LogP contribution >= 0.6 is 11.6 Å². The Morgan fingerprint density at radius 3 is 2.18 bits per heavy atom. The first-order valence-corrected chi connectivity index (χ1v) is 12.0. The van der Waals surface area contributed by atoms with Crippen molar-refractivity contribution in [1.82, 2.24) is 5.32 Å². The van der Waals surface area contributed by atoms with Crippen LogP contribution < -0.4 is 10.6 Å². The van der Waals surface area contributed by atoms with E-state index in [1.165, 1.54) is 44.6 Å². The van der Waals surface area contributed by atoms with E-state index < -0.39 is 23.7 Å². The summed E-state index contributed by atoms with van der Waals surface area (Å²) in [5.41, 5.74) is 0.118. The van der Waals surface area contributed by atoms with Gasteiger partial charge in [-0.15, -0.1) is 0 Å². The van der Waals surface area contributed by atoms with Crippen molar-refractivity contribution < 1.29 is 18.0 Å². The van der Waals surface area contributed by atoms with Gasteiger partial charge in [0.25, 0.3) is 0 Å². The van der Waals surface area contributed by atoms with Crippen LogP contribution in [0.1, 0.15) is 55.7 Å². The molecule has 1 atom stereocenters. The highest BCUT2D eigenvalue weighted by Crippen LogP contribution is 2.59. The van der Waals surface area contributed by atoms with E-state index >= 15 is 0 Å². The molecule has 4 aliphatic carbocycles. The fourth-order valence-corrected chi connectivity index (χ4v) is 7.00. The van der Waals surface area contributed by atoms with Crippen LogP contribution in [0.4, 0.5) is 18.9 Å². The van der Waals surface area contributed by atoms with Gasteiger partial charge in [-0.05, 0) is 85.5 Å². The first kappa shape index (κ1) is 22.7. The minimum atomic E-state index is -4.51. The van der Waals surface area contributed by atoms with Crippen molar-refractivity contribution >= 4 is 23.2 Å². The summed E-state index contributed by atoms with van der Waals surface area (Å²) in [5, 5.41) is 6.22. The molecular weight excluding hydrogens is 449 g/mol. The van der Waals surface area contributed by atoms with Crippen molar-refractivity contribution in [3.63, 3.8) is 0 Å². The first-order chi connectivity index (χ1) is 15.7. The lowest BCUT2D eigenvalue weighted by atomic mass is 9.49. The highest BCUT2D eigenvalue weighted by molar-refractivity contribution is 6.33. The number of nitrogens with one attached hydrogen (secondary N) is 2. The van der Waals surface area contributed by atoms with Gasteiger partial charge in [-0.2, -0.15) is 13.2 Å². The smallest absolute Gasteiger partial charge is 0.323 e. The van der Waals surface area contributed by atoms with Gasteiger partial charge in [-0.3, -0.25) is 4.79 Å². The lowest BCUT2D eigenvalue weighted by molar-refractivity contribution is -0.137. The number of amides is 1. The Morgan fingerprint density at radius 2 is 1.61 bits per heavy atom. The first-order valence-electron chi connectivity index (χ1n) is 11.7. The predicted molar refractivity (Wildman–Crippen MR) is 123 cm³/mol. The monoisotopic (exact) mass is 476 g/mol. The normalized spacial score (nSPS) is 29.2. The van der Waals surface area contributed by atoms with Crippen molar-refractivity contribution in [2.75, 3.05) is 11.9 Å². The Kier molecular flexibility index (Phi) is 5.94. The maximum Gasteiger partial charge on any atom is 0.416 e. The molecule has 0 spiro atoms. The van der Waals surface area contributed by atoms with Gasteiger partial charge in [0, 0.05) is 6.54 Å². The predicted octanol–water partition coefficient (Wildman–Crippen LogP) is 6.84. The molecular formula is C26H28ClF3N2O. The molecule has 3 nitrogen and oxygen atoms in total. The average Bonchev–Trinajstić information content (AvgIpc) is 2.74.